The summed E-state index contributed by atoms with van der Waals surface area (Å²) >= 11 is 0. The van der Waals surface area contributed by atoms with Crippen LogP contribution in [0.15, 0.2) is 36.7 Å². The van der Waals surface area contributed by atoms with Crippen molar-refractivity contribution in [2.24, 2.45) is 11.7 Å². The van der Waals surface area contributed by atoms with Crippen LogP contribution in [0.4, 0.5) is 14.6 Å². The summed E-state index contributed by atoms with van der Waals surface area (Å²) in [5.74, 6) is -2.40. The minimum absolute atomic E-state index is 0.0928. The molecule has 1 aromatic heterocycles. The maximum Gasteiger partial charge on any atom is 0.250 e. The third-order valence-corrected chi connectivity index (χ3v) is 4.45. The highest BCUT2D eigenvalue weighted by atomic mass is 19.3. The maximum absolute atomic E-state index is 13.3. The van der Waals surface area contributed by atoms with Crippen LogP contribution in [0.3, 0.4) is 0 Å². The summed E-state index contributed by atoms with van der Waals surface area (Å²) in [5, 5.41) is 1.71. The second-order valence-electron chi connectivity index (χ2n) is 6.23. The molecule has 0 spiro atoms. The Balaban J connectivity index is 1.80. The minimum atomic E-state index is -2.56. The molecule has 24 heavy (non-hydrogen) atoms. The molecule has 1 aliphatic carbocycles. The molecule has 0 atom stereocenters. The number of nitrogens with one attached hydrogen (secondary N) is 1. The van der Waals surface area contributed by atoms with Gasteiger partial charge in [0.15, 0.2) is 5.82 Å². The zero-order valence-electron chi connectivity index (χ0n) is 13.2. The molecule has 0 aromatic carbocycles. The Kier molecular flexibility index (Phi) is 4.51. The van der Waals surface area contributed by atoms with E-state index in [2.05, 4.69) is 10.4 Å². The van der Waals surface area contributed by atoms with Gasteiger partial charge in [0.05, 0.1) is 11.3 Å². The molecule has 3 rings (SSSR count). The van der Waals surface area contributed by atoms with E-state index in [1.165, 1.54) is 0 Å². The Morgan fingerprint density at radius 3 is 2.71 bits per heavy atom. The van der Waals surface area contributed by atoms with Crippen LogP contribution in [0.5, 0.6) is 0 Å². The quantitative estimate of drug-likeness (QED) is 0.888. The maximum atomic E-state index is 13.3. The molecule has 1 amide bonds. The molecule has 0 saturated heterocycles. The minimum Gasteiger partial charge on any atom is -0.366 e. The lowest BCUT2D eigenvalue weighted by Gasteiger charge is -2.28. The third kappa shape index (κ3) is 3.72. The molecule has 0 bridgehead atoms. The first-order chi connectivity index (χ1) is 11.4. The number of hydrogen-bond donors (Lipinski definition) is 2. The number of halogens is 2. The van der Waals surface area contributed by atoms with Crippen LogP contribution in [-0.2, 0) is 6.42 Å². The Morgan fingerprint density at radius 1 is 1.33 bits per heavy atom. The van der Waals surface area contributed by atoms with Gasteiger partial charge in [-0.25, -0.2) is 18.8 Å². The van der Waals surface area contributed by atoms with Crippen LogP contribution >= 0.6 is 0 Å². The van der Waals surface area contributed by atoms with Crippen molar-refractivity contribution in [2.75, 3.05) is 5.01 Å². The van der Waals surface area contributed by atoms with E-state index in [1.807, 2.05) is 12.2 Å². The molecule has 1 aliphatic heterocycles. The van der Waals surface area contributed by atoms with Gasteiger partial charge in [-0.05, 0) is 49.5 Å². The smallest absolute Gasteiger partial charge is 0.250 e. The average Bonchev–Trinajstić information content (AvgIpc) is 2.57. The van der Waals surface area contributed by atoms with Gasteiger partial charge in [-0.1, -0.05) is 0 Å². The standard InChI is InChI=1S/C17H20F2N4O/c18-17(19)7-5-12(6-8-17)11-14-13(16(20)24)3-4-15(22-14)23-10-2-1-9-21-23/h1-4,9-10,12,21H,5-8,11H2,(H2,20,24). The van der Waals surface area contributed by atoms with Crippen LogP contribution < -0.4 is 16.2 Å². The van der Waals surface area contributed by atoms with E-state index in [9.17, 15) is 13.6 Å². The summed E-state index contributed by atoms with van der Waals surface area (Å²) in [6.45, 7) is 0. The summed E-state index contributed by atoms with van der Waals surface area (Å²) in [6, 6.07) is 3.35. The number of rotatable bonds is 4. The van der Waals surface area contributed by atoms with Crippen molar-refractivity contribution in [3.05, 3.63) is 47.9 Å². The van der Waals surface area contributed by atoms with Gasteiger partial charge in [0, 0.05) is 25.2 Å². The normalized spacial score (nSPS) is 20.0. The molecule has 2 heterocycles. The zero-order chi connectivity index (χ0) is 17.2. The van der Waals surface area contributed by atoms with Crippen LogP contribution in [-0.4, -0.2) is 16.8 Å². The number of nitrogens with two attached hydrogens (primary N) is 1. The number of primary amides is 1. The Morgan fingerprint density at radius 2 is 2.08 bits per heavy atom. The summed E-state index contributed by atoms with van der Waals surface area (Å²) in [4.78, 5) is 16.2. The topological polar surface area (TPSA) is 71.2 Å². The number of carbonyl (C=O) groups excluding carboxylic acids is 1. The Labute approximate surface area is 139 Å². The molecule has 1 saturated carbocycles. The molecule has 128 valence electrons. The van der Waals surface area contributed by atoms with Crippen molar-refractivity contribution in [3.63, 3.8) is 0 Å². The van der Waals surface area contributed by atoms with Gasteiger partial charge in [0.2, 0.25) is 5.92 Å². The Hall–Kier alpha value is -2.44. The molecule has 5 nitrogen and oxygen atoms in total. The lowest BCUT2D eigenvalue weighted by Crippen LogP contribution is -2.31. The molecule has 1 aromatic rings. The molecular formula is C17H20F2N4O. The van der Waals surface area contributed by atoms with Gasteiger partial charge in [0.1, 0.15) is 0 Å². The summed E-state index contributed by atoms with van der Waals surface area (Å²) in [6.07, 6.45) is 8.39. The summed E-state index contributed by atoms with van der Waals surface area (Å²) < 4.78 is 26.6. The van der Waals surface area contributed by atoms with Crippen molar-refractivity contribution >= 4 is 11.7 Å². The highest BCUT2D eigenvalue weighted by molar-refractivity contribution is 5.94. The molecule has 3 N–H and O–H groups in total. The number of allylic oxidation sites excluding steroid dienone is 2. The number of pyridine rings is 1. The van der Waals surface area contributed by atoms with Crippen molar-refractivity contribution in [1.82, 2.24) is 10.4 Å². The largest absolute Gasteiger partial charge is 0.366 e. The van der Waals surface area contributed by atoms with Crippen molar-refractivity contribution in [2.45, 2.75) is 38.0 Å². The van der Waals surface area contributed by atoms with Crippen molar-refractivity contribution < 1.29 is 13.6 Å². The van der Waals surface area contributed by atoms with Crippen LogP contribution in [0.1, 0.15) is 41.7 Å². The summed E-state index contributed by atoms with van der Waals surface area (Å²) in [5.41, 5.74) is 9.38. The number of carbonyl (C=O) groups is 1. The number of nitrogens with zero attached hydrogens (tertiary/aromatic N) is 2. The van der Waals surface area contributed by atoms with Gasteiger partial charge in [-0.2, -0.15) is 0 Å². The zero-order valence-corrected chi connectivity index (χ0v) is 13.2. The first-order valence-electron chi connectivity index (χ1n) is 8.01. The van der Waals surface area contributed by atoms with E-state index in [1.54, 1.807) is 29.5 Å². The van der Waals surface area contributed by atoms with Gasteiger partial charge in [-0.15, -0.1) is 0 Å². The van der Waals surface area contributed by atoms with E-state index < -0.39 is 11.8 Å². The van der Waals surface area contributed by atoms with Crippen molar-refractivity contribution in [1.29, 1.82) is 0 Å². The molecule has 0 radical (unpaired) electrons. The van der Waals surface area contributed by atoms with Crippen LogP contribution in [0.25, 0.3) is 0 Å². The van der Waals surface area contributed by atoms with E-state index in [4.69, 9.17) is 5.73 Å². The molecule has 1 fully saturated rings. The van der Waals surface area contributed by atoms with E-state index in [0.717, 1.165) is 0 Å². The SMILES string of the molecule is NC(=O)c1ccc(N2C=CC=CN2)nc1CC1CCC(F)(F)CC1. The molecular weight excluding hydrogens is 314 g/mol. The predicted octanol–water partition coefficient (Wildman–Crippen LogP) is 2.90. The first kappa shape index (κ1) is 16.4. The fourth-order valence-corrected chi connectivity index (χ4v) is 3.08. The highest BCUT2D eigenvalue weighted by Crippen LogP contribution is 2.37. The highest BCUT2D eigenvalue weighted by Gasteiger charge is 2.35. The second kappa shape index (κ2) is 6.59. The number of anilines is 1. The number of amides is 1. The predicted molar refractivity (Wildman–Crippen MR) is 87.3 cm³/mol. The molecule has 2 aliphatic rings. The second-order valence-corrected chi connectivity index (χ2v) is 6.23. The van der Waals surface area contributed by atoms with Gasteiger partial charge in [-0.3, -0.25) is 4.79 Å². The van der Waals surface area contributed by atoms with Crippen LogP contribution in [0, 0.1) is 5.92 Å². The van der Waals surface area contributed by atoms with E-state index in [-0.39, 0.29) is 18.8 Å². The van der Waals surface area contributed by atoms with Gasteiger partial charge in [0.25, 0.3) is 5.91 Å². The lowest BCUT2D eigenvalue weighted by molar-refractivity contribution is -0.0457. The fourth-order valence-electron chi connectivity index (χ4n) is 3.08. The number of hydrazine groups is 1. The average molecular weight is 334 g/mol. The number of alkyl halides is 2. The van der Waals surface area contributed by atoms with E-state index >= 15 is 0 Å². The molecule has 7 heteroatoms. The summed E-state index contributed by atoms with van der Waals surface area (Å²) in [7, 11) is 0. The number of hydrogen-bond acceptors (Lipinski definition) is 4. The first-order valence-corrected chi connectivity index (χ1v) is 8.01. The van der Waals surface area contributed by atoms with Gasteiger partial charge >= 0.3 is 0 Å². The third-order valence-electron chi connectivity index (χ3n) is 4.45. The van der Waals surface area contributed by atoms with Crippen molar-refractivity contribution in [3.8, 4) is 0 Å². The molecule has 0 unspecified atom stereocenters. The van der Waals surface area contributed by atoms with Crippen LogP contribution in [0.2, 0.25) is 0 Å². The Bertz CT molecular complexity index is 677. The fraction of sp³-hybridized carbons (Fsp3) is 0.412. The van der Waals surface area contributed by atoms with Gasteiger partial charge < -0.3 is 11.2 Å². The number of aromatic nitrogens is 1. The lowest BCUT2D eigenvalue weighted by atomic mass is 9.83. The monoisotopic (exact) mass is 334 g/mol. The van der Waals surface area contributed by atoms with E-state index in [0.29, 0.717) is 36.3 Å².